The third-order valence-corrected chi connectivity index (χ3v) is 6.06. The number of anilines is 1. The highest BCUT2D eigenvalue weighted by Gasteiger charge is 2.19. The predicted molar refractivity (Wildman–Crippen MR) is 123 cm³/mol. The second-order valence-electron chi connectivity index (χ2n) is 7.23. The van der Waals surface area contributed by atoms with Crippen molar-refractivity contribution in [3.63, 3.8) is 0 Å². The third-order valence-electron chi connectivity index (χ3n) is 5.24. The zero-order valence-electron chi connectivity index (χ0n) is 17.7. The lowest BCUT2D eigenvalue weighted by atomic mass is 10.1. The Balaban J connectivity index is 1.71. The number of pyridine rings is 1. The first-order chi connectivity index (χ1) is 15.0. The molecule has 4 rings (SSSR count). The Labute approximate surface area is 184 Å². The normalized spacial score (nSPS) is 11.1. The molecule has 158 valence electrons. The fraction of sp³-hybridized carbons (Fsp3) is 0.261. The summed E-state index contributed by atoms with van der Waals surface area (Å²) in [5.74, 6) is 0.310. The van der Waals surface area contributed by atoms with Gasteiger partial charge in [-0.3, -0.25) is 19.1 Å². The van der Waals surface area contributed by atoms with Gasteiger partial charge in [-0.2, -0.15) is 4.37 Å². The van der Waals surface area contributed by atoms with Gasteiger partial charge in [0.1, 0.15) is 28.3 Å². The molecule has 0 aliphatic heterocycles. The lowest BCUT2D eigenvalue weighted by Gasteiger charge is -2.15. The number of hydrogen-bond donors (Lipinski definition) is 1. The second-order valence-corrected chi connectivity index (χ2v) is 8.00. The minimum Gasteiger partial charge on any atom is -0.324 e. The third kappa shape index (κ3) is 3.98. The van der Waals surface area contributed by atoms with Crippen molar-refractivity contribution >= 4 is 33.3 Å². The lowest BCUT2D eigenvalue weighted by Crippen LogP contribution is -2.31. The molecule has 1 aromatic carbocycles. The topological polar surface area (TPSA) is 89.8 Å². The minimum absolute atomic E-state index is 0.0923. The van der Waals surface area contributed by atoms with E-state index in [0.29, 0.717) is 28.2 Å². The standard InChI is InChI=1S/C23H23N5O2S/c1-4-15-8-6-7-14(3)19(15)26-18(29)13-28-17(5-2)25-21-20(16-9-11-24-12-10-16)27-31-22(21)23(28)30/h6-12H,4-5,13H2,1-3H3,(H,26,29). The first-order valence-electron chi connectivity index (χ1n) is 10.2. The highest BCUT2D eigenvalue weighted by molar-refractivity contribution is 7.13. The molecule has 3 aromatic heterocycles. The van der Waals surface area contributed by atoms with E-state index >= 15 is 0 Å². The van der Waals surface area contributed by atoms with Crippen LogP contribution in [0.4, 0.5) is 5.69 Å². The predicted octanol–water partition coefficient (Wildman–Crippen LogP) is 3.99. The summed E-state index contributed by atoms with van der Waals surface area (Å²) in [5.41, 5.74) is 4.73. The van der Waals surface area contributed by atoms with Gasteiger partial charge in [-0.05, 0) is 48.1 Å². The van der Waals surface area contributed by atoms with Crippen molar-refractivity contribution < 1.29 is 4.79 Å². The van der Waals surface area contributed by atoms with Gasteiger partial charge in [-0.25, -0.2) is 4.98 Å². The van der Waals surface area contributed by atoms with E-state index in [2.05, 4.69) is 14.7 Å². The molecule has 0 aliphatic carbocycles. The average Bonchev–Trinajstić information content (AvgIpc) is 3.21. The Bertz CT molecular complexity index is 1310. The van der Waals surface area contributed by atoms with Crippen LogP contribution in [0.5, 0.6) is 0 Å². The van der Waals surface area contributed by atoms with Gasteiger partial charge in [0.15, 0.2) is 0 Å². The summed E-state index contributed by atoms with van der Waals surface area (Å²) in [4.78, 5) is 34.8. The summed E-state index contributed by atoms with van der Waals surface area (Å²) in [7, 11) is 0. The molecule has 0 aliphatic rings. The van der Waals surface area contributed by atoms with Crippen LogP contribution in [0.15, 0.2) is 47.5 Å². The molecule has 8 heteroatoms. The highest BCUT2D eigenvalue weighted by atomic mass is 32.1. The molecule has 1 amide bonds. The largest absolute Gasteiger partial charge is 0.324 e. The van der Waals surface area contributed by atoms with Crippen LogP contribution in [-0.2, 0) is 24.2 Å². The maximum absolute atomic E-state index is 13.2. The number of amides is 1. The van der Waals surface area contributed by atoms with Crippen LogP contribution in [-0.4, -0.2) is 24.8 Å². The summed E-state index contributed by atoms with van der Waals surface area (Å²) in [5, 5.41) is 2.99. The maximum atomic E-state index is 13.2. The molecule has 31 heavy (non-hydrogen) atoms. The molecule has 0 fully saturated rings. The number of benzene rings is 1. The van der Waals surface area contributed by atoms with Crippen molar-refractivity contribution in [1.82, 2.24) is 18.9 Å². The SMILES string of the molecule is CCc1cccc(C)c1NC(=O)Cn1c(CC)nc2c(-c3ccncc3)nsc2c1=O. The van der Waals surface area contributed by atoms with E-state index in [0.717, 1.165) is 40.3 Å². The van der Waals surface area contributed by atoms with E-state index in [1.807, 2.05) is 51.1 Å². The molecule has 7 nitrogen and oxygen atoms in total. The number of carbonyl (C=O) groups excluding carboxylic acids is 1. The Hall–Kier alpha value is -3.39. The van der Waals surface area contributed by atoms with Gasteiger partial charge in [-0.15, -0.1) is 0 Å². The lowest BCUT2D eigenvalue weighted by molar-refractivity contribution is -0.116. The molecule has 0 unspecified atom stereocenters. The highest BCUT2D eigenvalue weighted by Crippen LogP contribution is 2.27. The zero-order valence-corrected chi connectivity index (χ0v) is 18.5. The number of carbonyl (C=O) groups is 1. The minimum atomic E-state index is -0.249. The van der Waals surface area contributed by atoms with Crippen molar-refractivity contribution in [3.05, 3.63) is 70.0 Å². The molecule has 0 atom stereocenters. The van der Waals surface area contributed by atoms with Crippen molar-refractivity contribution in [1.29, 1.82) is 0 Å². The van der Waals surface area contributed by atoms with Crippen molar-refractivity contribution in [2.45, 2.75) is 40.2 Å². The van der Waals surface area contributed by atoms with Crippen LogP contribution in [0.3, 0.4) is 0 Å². The summed E-state index contributed by atoms with van der Waals surface area (Å²) < 4.78 is 6.36. The monoisotopic (exact) mass is 433 g/mol. The molecule has 0 radical (unpaired) electrons. The van der Waals surface area contributed by atoms with Gasteiger partial charge in [0.2, 0.25) is 5.91 Å². The van der Waals surface area contributed by atoms with Crippen LogP contribution in [0.25, 0.3) is 21.5 Å². The first kappa shape index (κ1) is 20.9. The fourth-order valence-electron chi connectivity index (χ4n) is 3.62. The van der Waals surface area contributed by atoms with Gasteiger partial charge in [0.05, 0.1) is 0 Å². The second kappa shape index (κ2) is 8.77. The van der Waals surface area contributed by atoms with E-state index in [9.17, 15) is 9.59 Å². The molecule has 0 bridgehead atoms. The number of para-hydroxylation sites is 1. The molecule has 4 aromatic rings. The van der Waals surface area contributed by atoms with Gasteiger partial charge < -0.3 is 5.32 Å². The molecule has 3 heterocycles. The number of nitrogens with one attached hydrogen (secondary N) is 1. The van der Waals surface area contributed by atoms with Crippen molar-refractivity contribution in [2.24, 2.45) is 0 Å². The molecular formula is C23H23N5O2S. The Morgan fingerprint density at radius 2 is 1.90 bits per heavy atom. The smallest absolute Gasteiger partial charge is 0.273 e. The Kier molecular flexibility index (Phi) is 5.90. The number of hydrogen-bond acceptors (Lipinski definition) is 6. The quantitative estimate of drug-likeness (QED) is 0.497. The van der Waals surface area contributed by atoms with E-state index in [-0.39, 0.29) is 18.0 Å². The van der Waals surface area contributed by atoms with Gasteiger partial charge in [0.25, 0.3) is 5.56 Å². The first-order valence-corrected chi connectivity index (χ1v) is 11.0. The molecule has 0 saturated carbocycles. The van der Waals surface area contributed by atoms with E-state index in [1.54, 1.807) is 12.4 Å². The average molecular weight is 434 g/mol. The maximum Gasteiger partial charge on any atom is 0.273 e. The number of nitrogens with zero attached hydrogens (tertiary/aromatic N) is 4. The van der Waals surface area contributed by atoms with Crippen LogP contribution in [0, 0.1) is 6.92 Å². The number of aromatic nitrogens is 4. The summed E-state index contributed by atoms with van der Waals surface area (Å²) in [6, 6.07) is 9.62. The summed E-state index contributed by atoms with van der Waals surface area (Å²) in [6.07, 6.45) is 4.70. The van der Waals surface area contributed by atoms with E-state index < -0.39 is 0 Å². The van der Waals surface area contributed by atoms with Gasteiger partial charge in [0, 0.05) is 30.1 Å². The van der Waals surface area contributed by atoms with E-state index in [4.69, 9.17) is 4.98 Å². The fourth-order valence-corrected chi connectivity index (χ4v) is 4.41. The number of rotatable bonds is 6. The van der Waals surface area contributed by atoms with Crippen molar-refractivity contribution in [3.8, 4) is 11.3 Å². The molecule has 0 spiro atoms. The van der Waals surface area contributed by atoms with E-state index in [1.165, 1.54) is 4.57 Å². The van der Waals surface area contributed by atoms with Gasteiger partial charge >= 0.3 is 0 Å². The zero-order chi connectivity index (χ0) is 22.0. The Morgan fingerprint density at radius 1 is 1.13 bits per heavy atom. The molecule has 0 saturated heterocycles. The summed E-state index contributed by atoms with van der Waals surface area (Å²) >= 11 is 1.11. The molecule has 1 N–H and O–H groups in total. The summed E-state index contributed by atoms with van der Waals surface area (Å²) in [6.45, 7) is 5.84. The van der Waals surface area contributed by atoms with Crippen LogP contribution in [0.2, 0.25) is 0 Å². The van der Waals surface area contributed by atoms with Crippen LogP contribution < -0.4 is 10.9 Å². The van der Waals surface area contributed by atoms with Crippen LogP contribution in [0.1, 0.15) is 30.8 Å². The molecular weight excluding hydrogens is 410 g/mol. The Morgan fingerprint density at radius 3 is 2.61 bits per heavy atom. The van der Waals surface area contributed by atoms with Crippen LogP contribution >= 0.6 is 11.5 Å². The number of fused-ring (bicyclic) bond motifs is 1. The van der Waals surface area contributed by atoms with Gasteiger partial charge in [-0.1, -0.05) is 32.0 Å². The number of aryl methyl sites for hydroxylation is 3. The van der Waals surface area contributed by atoms with Crippen molar-refractivity contribution in [2.75, 3.05) is 5.32 Å².